The average Bonchev–Trinajstić information content (AvgIpc) is 2.42. The number of rotatable bonds is 6. The van der Waals surface area contributed by atoms with Crippen molar-refractivity contribution in [3.05, 3.63) is 29.8 Å². The molecule has 1 saturated carbocycles. The molecule has 0 radical (unpaired) electrons. The molecule has 2 atom stereocenters. The minimum absolute atomic E-state index is 0.134. The number of benzene rings is 1. The molecule has 22 heavy (non-hydrogen) atoms. The summed E-state index contributed by atoms with van der Waals surface area (Å²) in [6.45, 7) is 1.86. The molecule has 122 valence electrons. The topological polar surface area (TPSA) is 109 Å². The zero-order valence-electron chi connectivity index (χ0n) is 12.5. The van der Waals surface area contributed by atoms with E-state index < -0.39 is 33.8 Å². The van der Waals surface area contributed by atoms with E-state index in [4.69, 9.17) is 5.73 Å². The van der Waals surface area contributed by atoms with Gasteiger partial charge in [-0.2, -0.15) is 0 Å². The minimum atomic E-state index is -3.63. The second-order valence-electron chi connectivity index (χ2n) is 5.83. The Bertz CT molecular complexity index is 623. The van der Waals surface area contributed by atoms with Gasteiger partial charge in [0, 0.05) is 6.04 Å². The van der Waals surface area contributed by atoms with Crippen molar-refractivity contribution >= 4 is 15.7 Å². The van der Waals surface area contributed by atoms with Gasteiger partial charge in [-0.1, -0.05) is 24.1 Å². The number of nitrogens with one attached hydrogen (secondary N) is 1. The van der Waals surface area contributed by atoms with Crippen molar-refractivity contribution in [3.8, 4) is 0 Å². The van der Waals surface area contributed by atoms with E-state index >= 15 is 0 Å². The zero-order valence-corrected chi connectivity index (χ0v) is 13.3. The van der Waals surface area contributed by atoms with E-state index in [9.17, 15) is 18.3 Å². The number of sulfone groups is 1. The van der Waals surface area contributed by atoms with Gasteiger partial charge >= 0.3 is 0 Å². The second kappa shape index (κ2) is 6.76. The number of hydrogen-bond acceptors (Lipinski definition) is 5. The first-order chi connectivity index (χ1) is 10.3. The average molecular weight is 326 g/mol. The van der Waals surface area contributed by atoms with Gasteiger partial charge in [-0.25, -0.2) is 8.42 Å². The van der Waals surface area contributed by atoms with Gasteiger partial charge in [-0.05, 0) is 37.8 Å². The van der Waals surface area contributed by atoms with E-state index in [0.29, 0.717) is 0 Å². The second-order valence-corrected chi connectivity index (χ2v) is 7.82. The number of amides is 1. The molecule has 2 rings (SSSR count). The van der Waals surface area contributed by atoms with Crippen LogP contribution in [0.15, 0.2) is 29.2 Å². The summed E-state index contributed by atoms with van der Waals surface area (Å²) in [5.41, 5.74) is 6.78. The molecule has 2 unspecified atom stereocenters. The summed E-state index contributed by atoms with van der Waals surface area (Å²) in [5.74, 6) is -1.16. The van der Waals surface area contributed by atoms with Crippen LogP contribution in [0, 0.1) is 12.8 Å². The molecule has 0 spiro atoms. The van der Waals surface area contributed by atoms with Gasteiger partial charge in [0.05, 0.1) is 4.90 Å². The Labute approximate surface area is 130 Å². The largest absolute Gasteiger partial charge is 0.382 e. The summed E-state index contributed by atoms with van der Waals surface area (Å²) < 4.78 is 24.2. The Morgan fingerprint density at radius 1 is 1.36 bits per heavy atom. The van der Waals surface area contributed by atoms with Crippen molar-refractivity contribution < 1.29 is 18.3 Å². The summed E-state index contributed by atoms with van der Waals surface area (Å²) >= 11 is 0. The number of aliphatic hydroxyl groups is 1. The van der Waals surface area contributed by atoms with Crippen LogP contribution in [0.5, 0.6) is 0 Å². The van der Waals surface area contributed by atoms with E-state index in [1.54, 1.807) is 12.1 Å². The Balaban J connectivity index is 1.93. The Kier molecular flexibility index (Phi) is 5.20. The predicted molar refractivity (Wildman–Crippen MR) is 82.7 cm³/mol. The third-order valence-electron chi connectivity index (χ3n) is 4.14. The minimum Gasteiger partial charge on any atom is -0.382 e. The highest BCUT2D eigenvalue weighted by atomic mass is 32.2. The SMILES string of the molecule is Cc1ccc(S(=O)(=O)CNC(=O)C(O)C(N)C2CCC2)cc1. The smallest absolute Gasteiger partial charge is 0.251 e. The summed E-state index contributed by atoms with van der Waals surface area (Å²) in [7, 11) is -3.63. The number of nitrogens with two attached hydrogens (primary N) is 1. The van der Waals surface area contributed by atoms with E-state index in [1.807, 2.05) is 6.92 Å². The molecule has 0 heterocycles. The fourth-order valence-corrected chi connectivity index (χ4v) is 3.41. The van der Waals surface area contributed by atoms with E-state index in [2.05, 4.69) is 5.32 Å². The van der Waals surface area contributed by atoms with Gasteiger partial charge in [-0.3, -0.25) is 4.79 Å². The molecule has 0 aromatic heterocycles. The van der Waals surface area contributed by atoms with Crippen LogP contribution in [0.4, 0.5) is 0 Å². The first-order valence-corrected chi connectivity index (χ1v) is 8.97. The molecule has 1 aliphatic rings. The number of hydrogen-bond donors (Lipinski definition) is 3. The first-order valence-electron chi connectivity index (χ1n) is 7.32. The quantitative estimate of drug-likeness (QED) is 0.698. The number of aryl methyl sites for hydroxylation is 1. The first kappa shape index (κ1) is 16.9. The molecule has 4 N–H and O–H groups in total. The van der Waals surface area contributed by atoms with Gasteiger partial charge in [0.1, 0.15) is 12.0 Å². The molecule has 0 bridgehead atoms. The maximum atomic E-state index is 12.1. The van der Waals surface area contributed by atoms with E-state index in [0.717, 1.165) is 24.8 Å². The van der Waals surface area contributed by atoms with Crippen molar-refractivity contribution in [3.63, 3.8) is 0 Å². The van der Waals surface area contributed by atoms with Crippen LogP contribution in [0.2, 0.25) is 0 Å². The molecule has 6 nitrogen and oxygen atoms in total. The molecule has 1 fully saturated rings. The highest BCUT2D eigenvalue weighted by Gasteiger charge is 2.33. The van der Waals surface area contributed by atoms with Crippen molar-refractivity contribution in [2.24, 2.45) is 11.7 Å². The lowest BCUT2D eigenvalue weighted by molar-refractivity contribution is -0.131. The zero-order chi connectivity index (χ0) is 16.3. The molecule has 7 heteroatoms. The molecule has 1 aliphatic carbocycles. The number of carbonyl (C=O) groups excluding carboxylic acids is 1. The van der Waals surface area contributed by atoms with Crippen LogP contribution < -0.4 is 11.1 Å². The standard InChI is InChI=1S/C15H22N2O4S/c1-10-5-7-12(8-6-10)22(20,21)9-17-15(19)14(18)13(16)11-3-2-4-11/h5-8,11,13-14,18H,2-4,9,16H2,1H3,(H,17,19). The van der Waals surface area contributed by atoms with Gasteiger partial charge < -0.3 is 16.2 Å². The fourth-order valence-electron chi connectivity index (χ4n) is 2.36. The molecule has 1 aromatic carbocycles. The summed E-state index contributed by atoms with van der Waals surface area (Å²) in [4.78, 5) is 12.0. The van der Waals surface area contributed by atoms with Gasteiger partial charge in [0.2, 0.25) is 0 Å². The van der Waals surface area contributed by atoms with Crippen LogP contribution in [0.1, 0.15) is 24.8 Å². The van der Waals surface area contributed by atoms with Crippen molar-refractivity contribution in [2.75, 3.05) is 5.88 Å². The van der Waals surface area contributed by atoms with Crippen LogP contribution in [0.3, 0.4) is 0 Å². The van der Waals surface area contributed by atoms with Gasteiger partial charge in [0.15, 0.2) is 9.84 Å². The number of aliphatic hydroxyl groups excluding tert-OH is 1. The fraction of sp³-hybridized carbons (Fsp3) is 0.533. The molecule has 1 amide bonds. The lowest BCUT2D eigenvalue weighted by Gasteiger charge is -2.33. The monoisotopic (exact) mass is 326 g/mol. The normalized spacial score (nSPS) is 18.3. The predicted octanol–water partition coefficient (Wildman–Crippen LogP) is 0.331. The Morgan fingerprint density at radius 3 is 2.45 bits per heavy atom. The molecule has 0 aliphatic heterocycles. The maximum absolute atomic E-state index is 12.1. The van der Waals surface area contributed by atoms with Crippen molar-refractivity contribution in [2.45, 2.75) is 43.2 Å². The van der Waals surface area contributed by atoms with Crippen molar-refractivity contribution in [1.82, 2.24) is 5.32 Å². The highest BCUT2D eigenvalue weighted by Crippen LogP contribution is 2.29. The molecular formula is C15H22N2O4S. The highest BCUT2D eigenvalue weighted by molar-refractivity contribution is 7.91. The third-order valence-corrected chi connectivity index (χ3v) is 5.66. The Hall–Kier alpha value is -1.44. The van der Waals surface area contributed by atoms with Crippen LogP contribution in [-0.2, 0) is 14.6 Å². The molecular weight excluding hydrogens is 304 g/mol. The molecule has 0 saturated heterocycles. The van der Waals surface area contributed by atoms with Crippen LogP contribution in [0.25, 0.3) is 0 Å². The summed E-state index contributed by atoms with van der Waals surface area (Å²) in [5, 5.41) is 12.2. The third kappa shape index (κ3) is 3.85. The van der Waals surface area contributed by atoms with Gasteiger partial charge in [-0.15, -0.1) is 0 Å². The van der Waals surface area contributed by atoms with Crippen molar-refractivity contribution in [1.29, 1.82) is 0 Å². The summed E-state index contributed by atoms with van der Waals surface area (Å²) in [6.07, 6.45) is 1.47. The summed E-state index contributed by atoms with van der Waals surface area (Å²) in [6, 6.07) is 5.73. The van der Waals surface area contributed by atoms with Crippen LogP contribution in [-0.4, -0.2) is 37.5 Å². The van der Waals surface area contributed by atoms with Gasteiger partial charge in [0.25, 0.3) is 5.91 Å². The Morgan fingerprint density at radius 2 is 1.95 bits per heavy atom. The van der Waals surface area contributed by atoms with E-state index in [-0.39, 0.29) is 10.8 Å². The maximum Gasteiger partial charge on any atom is 0.251 e. The lowest BCUT2D eigenvalue weighted by atomic mass is 9.78. The molecule has 1 aromatic rings. The number of carbonyl (C=O) groups is 1. The van der Waals surface area contributed by atoms with E-state index in [1.165, 1.54) is 12.1 Å². The lowest BCUT2D eigenvalue weighted by Crippen LogP contribution is -2.52. The van der Waals surface area contributed by atoms with Crippen LogP contribution >= 0.6 is 0 Å².